The minimum atomic E-state index is -1.38. The number of rotatable bonds is 9. The van der Waals surface area contributed by atoms with Crippen molar-refractivity contribution in [3.05, 3.63) is 83.4 Å². The molecule has 4 aliphatic carbocycles. The van der Waals surface area contributed by atoms with Crippen molar-refractivity contribution in [2.75, 3.05) is 7.11 Å². The van der Waals surface area contributed by atoms with Crippen LogP contribution < -0.4 is 0 Å². The van der Waals surface area contributed by atoms with E-state index in [1.54, 1.807) is 0 Å². The maximum atomic E-state index is 14.2. The van der Waals surface area contributed by atoms with Crippen LogP contribution >= 0.6 is 0 Å². The molecule has 0 N–H and O–H groups in total. The molecule has 4 aliphatic rings. The average molecular weight is 654 g/mol. The van der Waals surface area contributed by atoms with Gasteiger partial charge in [-0.05, 0) is 108 Å². The summed E-state index contributed by atoms with van der Waals surface area (Å²) in [7, 11) is 0.0989. The first kappa shape index (κ1) is 34.4. The Bertz CT molecular complexity index is 1410. The summed E-state index contributed by atoms with van der Waals surface area (Å²) in [5.41, 5.74) is 4.48. The third kappa shape index (κ3) is 6.48. The van der Waals surface area contributed by atoms with Crippen LogP contribution in [-0.4, -0.2) is 34.0 Å². The van der Waals surface area contributed by atoms with E-state index in [0.717, 1.165) is 38.5 Å². The molecular formula is C42H57O4Si. The Morgan fingerprint density at radius 3 is 2.15 bits per heavy atom. The van der Waals surface area contributed by atoms with Crippen molar-refractivity contribution in [1.82, 2.24) is 0 Å². The van der Waals surface area contributed by atoms with Crippen LogP contribution in [0.3, 0.4) is 0 Å². The molecule has 0 saturated heterocycles. The number of esters is 1. The van der Waals surface area contributed by atoms with E-state index in [-0.39, 0.29) is 39.4 Å². The summed E-state index contributed by atoms with van der Waals surface area (Å²) in [4.78, 5) is 26.1. The lowest BCUT2D eigenvalue weighted by Gasteiger charge is -2.58. The highest BCUT2D eigenvalue weighted by molar-refractivity contribution is 6.58. The molecule has 0 amide bonds. The lowest BCUT2D eigenvalue weighted by Crippen LogP contribution is -2.54. The number of carbonyl (C=O) groups is 2. The van der Waals surface area contributed by atoms with Crippen molar-refractivity contribution < 1.29 is 18.8 Å². The second kappa shape index (κ2) is 13.4. The minimum Gasteiger partial charge on any atom is -0.469 e. The molecule has 3 fully saturated rings. The summed E-state index contributed by atoms with van der Waals surface area (Å²) in [5, 5.41) is 0.0183. The maximum Gasteiger partial charge on any atom is 0.305 e. The van der Waals surface area contributed by atoms with Gasteiger partial charge in [0.2, 0.25) is 9.04 Å². The number of hydrogen-bond acceptors (Lipinski definition) is 4. The number of fused-ring (bicyclic) bond motifs is 5. The molecule has 0 aromatic heterocycles. The molecule has 4 nitrogen and oxygen atoms in total. The van der Waals surface area contributed by atoms with Crippen molar-refractivity contribution in [2.45, 2.75) is 116 Å². The summed E-state index contributed by atoms with van der Waals surface area (Å²) in [6.45, 7) is 14.3. The van der Waals surface area contributed by atoms with Gasteiger partial charge >= 0.3 is 5.97 Å². The fourth-order valence-corrected chi connectivity index (χ4v) is 13.6. The summed E-state index contributed by atoms with van der Waals surface area (Å²) in [5.74, 6) is 2.29. The summed E-state index contributed by atoms with van der Waals surface area (Å²) in [6.07, 6.45) is 11.3. The van der Waals surface area contributed by atoms with Gasteiger partial charge in [-0.1, -0.05) is 108 Å². The zero-order valence-electron chi connectivity index (χ0n) is 29.9. The molecule has 1 radical (unpaired) electrons. The molecule has 6 rings (SSSR count). The molecule has 0 unspecified atom stereocenters. The van der Waals surface area contributed by atoms with E-state index in [4.69, 9.17) is 9.16 Å². The molecule has 0 bridgehead atoms. The van der Waals surface area contributed by atoms with Gasteiger partial charge in [-0.25, -0.2) is 0 Å². The van der Waals surface area contributed by atoms with Gasteiger partial charge in [0.15, 0.2) is 5.78 Å². The maximum absolute atomic E-state index is 14.2. The molecule has 0 aliphatic heterocycles. The minimum absolute atomic E-state index is 0.0183. The van der Waals surface area contributed by atoms with Crippen LogP contribution in [0.4, 0.5) is 0 Å². The molecule has 47 heavy (non-hydrogen) atoms. The first-order valence-electron chi connectivity index (χ1n) is 18.3. The van der Waals surface area contributed by atoms with E-state index in [2.05, 4.69) is 108 Å². The van der Waals surface area contributed by atoms with Gasteiger partial charge in [-0.2, -0.15) is 0 Å². The monoisotopic (exact) mass is 653 g/mol. The third-order valence-electron chi connectivity index (χ3n) is 13.3. The predicted molar refractivity (Wildman–Crippen MR) is 191 cm³/mol. The van der Waals surface area contributed by atoms with Crippen LogP contribution in [0.1, 0.15) is 116 Å². The van der Waals surface area contributed by atoms with Crippen molar-refractivity contribution >= 4 is 20.8 Å². The van der Waals surface area contributed by atoms with Crippen LogP contribution in [-0.2, 0) is 18.8 Å². The molecule has 0 spiro atoms. The second-order valence-electron chi connectivity index (χ2n) is 16.9. The number of carbonyl (C=O) groups excluding carboxylic acids is 2. The summed E-state index contributed by atoms with van der Waals surface area (Å²) >= 11 is 0. The van der Waals surface area contributed by atoms with Crippen molar-refractivity contribution in [2.24, 2.45) is 40.4 Å². The second-order valence-corrected chi connectivity index (χ2v) is 19.9. The number of allylic oxidation sites excluding steroid dienone is 1. The Labute approximate surface area is 285 Å². The van der Waals surface area contributed by atoms with Crippen molar-refractivity contribution in [3.8, 4) is 0 Å². The van der Waals surface area contributed by atoms with E-state index in [0.29, 0.717) is 35.9 Å². The topological polar surface area (TPSA) is 52.6 Å². The van der Waals surface area contributed by atoms with Gasteiger partial charge in [0.05, 0.1) is 7.11 Å². The third-order valence-corrected chi connectivity index (χ3v) is 16.5. The van der Waals surface area contributed by atoms with Gasteiger partial charge in [-0.3, -0.25) is 9.59 Å². The molecule has 8 atom stereocenters. The smallest absolute Gasteiger partial charge is 0.305 e. The van der Waals surface area contributed by atoms with E-state index in [1.165, 1.54) is 36.7 Å². The number of methoxy groups -OCH3 is 1. The Morgan fingerprint density at radius 1 is 0.915 bits per heavy atom. The van der Waals surface area contributed by atoms with Gasteiger partial charge in [-0.15, -0.1) is 0 Å². The molecule has 253 valence electrons. The Morgan fingerprint density at radius 2 is 1.55 bits per heavy atom. The SMILES string of the molecule is COC(=O)CC[C@@H](C)[C@H]1CC[C@H]2[C@@H]3C(=O)C=C4C[C@@H](O[Si](C(c5ccccc5)c5ccccc5)C(C)(C)C)CC[C@]4(C)[C@H]3CC[C@]12C. The van der Waals surface area contributed by atoms with Crippen LogP contribution in [0.2, 0.25) is 5.04 Å². The highest BCUT2D eigenvalue weighted by Crippen LogP contribution is 2.67. The first-order chi connectivity index (χ1) is 22.4. The lowest BCUT2D eigenvalue weighted by atomic mass is 9.46. The predicted octanol–water partition coefficient (Wildman–Crippen LogP) is 9.88. The Balaban J connectivity index is 1.23. The van der Waals surface area contributed by atoms with Crippen molar-refractivity contribution in [3.63, 3.8) is 0 Å². The standard InChI is InChI=1S/C42H57O4Si/c1-28(18-21-37(44)45-7)33-19-20-34-38-35(23-25-42(33,34)6)41(5)24-22-32(26-31(41)27-36(38)43)46-47(40(2,3)4)39(29-14-10-8-11-15-29)30-16-12-9-13-17-30/h8-17,27-28,32-35,38-39H,18-26H2,1-7H3/t28-,32+,33-,34+,35+,38+,41+,42-/m1/s1. The van der Waals surface area contributed by atoms with E-state index in [1.807, 2.05) is 0 Å². The molecule has 0 heterocycles. The van der Waals surface area contributed by atoms with Gasteiger partial charge in [0, 0.05) is 24.0 Å². The van der Waals surface area contributed by atoms with Gasteiger partial charge in [0.25, 0.3) is 0 Å². The Kier molecular flexibility index (Phi) is 9.81. The van der Waals surface area contributed by atoms with Crippen LogP contribution in [0.5, 0.6) is 0 Å². The van der Waals surface area contributed by atoms with E-state index in [9.17, 15) is 9.59 Å². The first-order valence-corrected chi connectivity index (χ1v) is 19.8. The van der Waals surface area contributed by atoms with Gasteiger partial charge < -0.3 is 9.16 Å². The van der Waals surface area contributed by atoms with Crippen LogP contribution in [0, 0.1) is 40.4 Å². The molecule has 2 aromatic rings. The molecule has 5 heteroatoms. The number of ether oxygens (including phenoxy) is 1. The Hall–Kier alpha value is -2.50. The fraction of sp³-hybridized carbons (Fsp3) is 0.619. The van der Waals surface area contributed by atoms with Crippen molar-refractivity contribution in [1.29, 1.82) is 0 Å². The molecule has 3 saturated carbocycles. The van der Waals surface area contributed by atoms with Crippen LogP contribution in [0.15, 0.2) is 72.3 Å². The quantitative estimate of drug-likeness (QED) is 0.200. The average Bonchev–Trinajstić information content (AvgIpc) is 3.41. The van der Waals surface area contributed by atoms with E-state index >= 15 is 0 Å². The van der Waals surface area contributed by atoms with E-state index < -0.39 is 9.04 Å². The summed E-state index contributed by atoms with van der Waals surface area (Å²) < 4.78 is 12.3. The fourth-order valence-electron chi connectivity index (χ4n) is 10.7. The lowest BCUT2D eigenvalue weighted by molar-refractivity contribution is -0.141. The molecular weight excluding hydrogens is 597 g/mol. The highest BCUT2D eigenvalue weighted by Gasteiger charge is 2.61. The largest absolute Gasteiger partial charge is 0.469 e. The number of hydrogen-bond donors (Lipinski definition) is 0. The van der Waals surface area contributed by atoms with Gasteiger partial charge in [0.1, 0.15) is 0 Å². The number of ketones is 1. The zero-order valence-corrected chi connectivity index (χ0v) is 30.9. The molecule has 2 aromatic carbocycles. The zero-order chi connectivity index (χ0) is 33.6. The summed E-state index contributed by atoms with van der Waals surface area (Å²) in [6, 6.07) is 21.9. The normalized spacial score (nSPS) is 32.7. The van der Waals surface area contributed by atoms with Crippen LogP contribution in [0.25, 0.3) is 0 Å². The highest BCUT2D eigenvalue weighted by atomic mass is 28.3. The number of benzene rings is 2.